The monoisotopic (exact) mass is 278 g/mol. The number of hydrogen-bond donors (Lipinski definition) is 2. The predicted octanol–water partition coefficient (Wildman–Crippen LogP) is 2.45. The fourth-order valence-corrected chi connectivity index (χ4v) is 3.25. The number of carbonyl (C=O) groups is 1. The summed E-state index contributed by atoms with van der Waals surface area (Å²) >= 11 is 0. The van der Waals surface area contributed by atoms with Crippen molar-refractivity contribution in [3.05, 3.63) is 17.7 Å². The third-order valence-electron chi connectivity index (χ3n) is 4.26. The van der Waals surface area contributed by atoms with Gasteiger partial charge in [-0.15, -0.1) is 0 Å². The van der Waals surface area contributed by atoms with Gasteiger partial charge in [-0.25, -0.2) is 0 Å². The highest BCUT2D eigenvalue weighted by atomic mass is 16.6. The van der Waals surface area contributed by atoms with E-state index in [1.54, 1.807) is 0 Å². The molecule has 0 atom stereocenters. The lowest BCUT2D eigenvalue weighted by Crippen LogP contribution is -2.38. The summed E-state index contributed by atoms with van der Waals surface area (Å²) in [4.78, 5) is 11.9. The average Bonchev–Trinajstić information content (AvgIpc) is 2.47. The average molecular weight is 278 g/mol. The van der Waals surface area contributed by atoms with Crippen molar-refractivity contribution in [2.24, 2.45) is 0 Å². The predicted molar refractivity (Wildman–Crippen MR) is 71.5 cm³/mol. The normalized spacial score (nSPS) is 20.4. The number of aromatic hydroxyl groups is 1. The minimum absolute atomic E-state index is 0.0236. The second-order valence-electron chi connectivity index (χ2n) is 5.47. The van der Waals surface area contributed by atoms with Crippen molar-refractivity contribution < 1.29 is 24.5 Å². The number of ether oxygens (including phenoxy) is 2. The molecule has 5 heteroatoms. The quantitative estimate of drug-likeness (QED) is 0.869. The molecular weight excluding hydrogens is 260 g/mol. The molecule has 1 fully saturated rings. The summed E-state index contributed by atoms with van der Waals surface area (Å²) in [6, 6.07) is 3.00. The number of phenols is 1. The van der Waals surface area contributed by atoms with Gasteiger partial charge in [0.2, 0.25) is 0 Å². The summed E-state index contributed by atoms with van der Waals surface area (Å²) in [6.45, 7) is 0.816. The molecule has 0 radical (unpaired) electrons. The van der Waals surface area contributed by atoms with Crippen LogP contribution in [0.2, 0.25) is 0 Å². The van der Waals surface area contributed by atoms with Crippen LogP contribution in [0, 0.1) is 0 Å². The van der Waals surface area contributed by atoms with Crippen LogP contribution < -0.4 is 9.47 Å². The second-order valence-corrected chi connectivity index (χ2v) is 5.47. The highest BCUT2D eigenvalue weighted by molar-refractivity contribution is 5.83. The molecule has 0 aromatic heterocycles. The van der Waals surface area contributed by atoms with Crippen molar-refractivity contribution in [1.82, 2.24) is 0 Å². The van der Waals surface area contributed by atoms with Gasteiger partial charge in [-0.2, -0.15) is 0 Å². The molecule has 1 aliphatic heterocycles. The van der Waals surface area contributed by atoms with E-state index in [1.165, 1.54) is 12.1 Å². The number of fused-ring (bicyclic) bond motifs is 1. The zero-order valence-electron chi connectivity index (χ0n) is 11.2. The molecular formula is C15H18O5. The van der Waals surface area contributed by atoms with Gasteiger partial charge in [0.1, 0.15) is 19.0 Å². The van der Waals surface area contributed by atoms with Crippen LogP contribution in [-0.2, 0) is 10.2 Å². The van der Waals surface area contributed by atoms with Gasteiger partial charge in [-0.1, -0.05) is 19.3 Å². The van der Waals surface area contributed by atoms with Crippen molar-refractivity contribution in [1.29, 1.82) is 0 Å². The molecule has 1 aromatic carbocycles. The van der Waals surface area contributed by atoms with Crippen LogP contribution in [0.4, 0.5) is 0 Å². The van der Waals surface area contributed by atoms with Gasteiger partial charge < -0.3 is 19.7 Å². The zero-order valence-corrected chi connectivity index (χ0v) is 11.2. The van der Waals surface area contributed by atoms with Gasteiger partial charge in [-0.3, -0.25) is 4.79 Å². The first-order valence-electron chi connectivity index (χ1n) is 7.00. The summed E-state index contributed by atoms with van der Waals surface area (Å²) < 4.78 is 11.1. The Kier molecular flexibility index (Phi) is 3.20. The van der Waals surface area contributed by atoms with Gasteiger partial charge in [0.25, 0.3) is 0 Å². The number of carboxylic acid groups (broad SMARTS) is 1. The number of hydrogen-bond acceptors (Lipinski definition) is 4. The maximum Gasteiger partial charge on any atom is 0.314 e. The van der Waals surface area contributed by atoms with E-state index in [4.69, 9.17) is 9.47 Å². The van der Waals surface area contributed by atoms with E-state index in [0.717, 1.165) is 19.3 Å². The van der Waals surface area contributed by atoms with Gasteiger partial charge >= 0.3 is 5.97 Å². The van der Waals surface area contributed by atoms with Gasteiger partial charge in [-0.05, 0) is 18.9 Å². The molecule has 1 aliphatic carbocycles. The molecule has 108 valence electrons. The number of rotatable bonds is 2. The fourth-order valence-electron chi connectivity index (χ4n) is 3.25. The molecule has 0 bridgehead atoms. The molecule has 0 spiro atoms. The van der Waals surface area contributed by atoms with Crippen LogP contribution in [0.5, 0.6) is 17.2 Å². The van der Waals surface area contributed by atoms with Crippen LogP contribution in [0.15, 0.2) is 12.1 Å². The molecule has 1 saturated carbocycles. The molecule has 1 aromatic rings. The molecule has 2 N–H and O–H groups in total. The Bertz CT molecular complexity index is 531. The van der Waals surface area contributed by atoms with E-state index in [1.807, 2.05) is 0 Å². The number of phenolic OH excluding ortho intramolecular Hbond substituents is 1. The van der Waals surface area contributed by atoms with Crippen LogP contribution in [0.25, 0.3) is 0 Å². The van der Waals surface area contributed by atoms with Crippen molar-refractivity contribution in [3.63, 3.8) is 0 Å². The maximum absolute atomic E-state index is 11.9. The first kappa shape index (κ1) is 13.1. The van der Waals surface area contributed by atoms with Crippen LogP contribution in [0.1, 0.15) is 37.7 Å². The molecule has 0 saturated heterocycles. The van der Waals surface area contributed by atoms with E-state index in [-0.39, 0.29) is 5.75 Å². The SMILES string of the molecule is O=C(O)C1(c2cc(O)cc3c2OCCO3)CCCCC1. The van der Waals surface area contributed by atoms with Crippen molar-refractivity contribution >= 4 is 5.97 Å². The first-order chi connectivity index (χ1) is 9.63. The van der Waals surface area contributed by atoms with E-state index < -0.39 is 11.4 Å². The smallest absolute Gasteiger partial charge is 0.314 e. The van der Waals surface area contributed by atoms with Crippen molar-refractivity contribution in [2.75, 3.05) is 13.2 Å². The lowest BCUT2D eigenvalue weighted by Gasteiger charge is -2.36. The van der Waals surface area contributed by atoms with E-state index in [9.17, 15) is 15.0 Å². The minimum Gasteiger partial charge on any atom is -0.508 e. The van der Waals surface area contributed by atoms with Gasteiger partial charge in [0.15, 0.2) is 11.5 Å². The Labute approximate surface area is 117 Å². The van der Waals surface area contributed by atoms with Gasteiger partial charge in [0, 0.05) is 11.6 Å². The van der Waals surface area contributed by atoms with Crippen LogP contribution in [-0.4, -0.2) is 29.4 Å². The molecule has 1 heterocycles. The van der Waals surface area contributed by atoms with Crippen LogP contribution in [0.3, 0.4) is 0 Å². The number of benzene rings is 1. The topological polar surface area (TPSA) is 76.0 Å². The zero-order chi connectivity index (χ0) is 14.2. The minimum atomic E-state index is -0.970. The Hall–Kier alpha value is -1.91. The Morgan fingerprint density at radius 2 is 1.80 bits per heavy atom. The second kappa shape index (κ2) is 4.89. The molecule has 0 unspecified atom stereocenters. The Morgan fingerprint density at radius 1 is 1.10 bits per heavy atom. The van der Waals surface area contributed by atoms with Crippen LogP contribution >= 0.6 is 0 Å². The number of carboxylic acids is 1. The van der Waals surface area contributed by atoms with Crippen molar-refractivity contribution in [3.8, 4) is 17.2 Å². The summed E-state index contributed by atoms with van der Waals surface area (Å²) in [5.41, 5.74) is -0.415. The Morgan fingerprint density at radius 3 is 2.50 bits per heavy atom. The maximum atomic E-state index is 11.9. The molecule has 2 aliphatic rings. The summed E-state index contributed by atoms with van der Waals surface area (Å²) in [5.74, 6) is 0.102. The number of aliphatic carboxylic acids is 1. The lowest BCUT2D eigenvalue weighted by molar-refractivity contribution is -0.145. The third kappa shape index (κ3) is 1.97. The van der Waals surface area contributed by atoms with Gasteiger partial charge in [0.05, 0.1) is 5.41 Å². The molecule has 5 nitrogen and oxygen atoms in total. The fraction of sp³-hybridized carbons (Fsp3) is 0.533. The molecule has 0 amide bonds. The highest BCUT2D eigenvalue weighted by Gasteiger charge is 2.44. The van der Waals surface area contributed by atoms with E-state index in [2.05, 4.69) is 0 Å². The van der Waals surface area contributed by atoms with E-state index in [0.29, 0.717) is 43.1 Å². The third-order valence-corrected chi connectivity index (χ3v) is 4.26. The molecule has 20 heavy (non-hydrogen) atoms. The molecule has 3 rings (SSSR count). The highest BCUT2D eigenvalue weighted by Crippen LogP contribution is 2.49. The Balaban J connectivity index is 2.15. The lowest BCUT2D eigenvalue weighted by atomic mass is 9.69. The first-order valence-corrected chi connectivity index (χ1v) is 7.00. The standard InChI is InChI=1S/C15H18O5/c16-10-8-11(13-12(9-10)19-6-7-20-13)15(14(17)18)4-2-1-3-5-15/h8-9,16H,1-7H2,(H,17,18). The summed E-state index contributed by atoms with van der Waals surface area (Å²) in [7, 11) is 0. The van der Waals surface area contributed by atoms with Crippen molar-refractivity contribution in [2.45, 2.75) is 37.5 Å². The largest absolute Gasteiger partial charge is 0.508 e. The summed E-state index contributed by atoms with van der Waals surface area (Å²) in [6.07, 6.45) is 3.94. The summed E-state index contributed by atoms with van der Waals surface area (Å²) in [5, 5.41) is 19.6. The van der Waals surface area contributed by atoms with E-state index >= 15 is 0 Å².